The molecule has 2 aromatic rings. The average Bonchev–Trinajstić information content (AvgIpc) is 2.82. The van der Waals surface area contributed by atoms with Crippen molar-refractivity contribution in [2.75, 3.05) is 6.54 Å². The quantitative estimate of drug-likeness (QED) is 0.782. The fourth-order valence-electron chi connectivity index (χ4n) is 1.79. The lowest BCUT2D eigenvalue weighted by Gasteiger charge is -2.13. The Balaban J connectivity index is 1.93. The summed E-state index contributed by atoms with van der Waals surface area (Å²) >= 11 is 12.6. The summed E-state index contributed by atoms with van der Waals surface area (Å²) in [5, 5.41) is 12.4. The van der Waals surface area contributed by atoms with E-state index in [0.29, 0.717) is 9.90 Å². The number of hydrogen-bond acceptors (Lipinski definition) is 4. The van der Waals surface area contributed by atoms with Crippen molar-refractivity contribution in [1.29, 1.82) is 0 Å². The van der Waals surface area contributed by atoms with Crippen molar-refractivity contribution in [3.63, 3.8) is 0 Å². The van der Waals surface area contributed by atoms with Gasteiger partial charge in [0.25, 0.3) is 5.91 Å². The first-order valence-corrected chi connectivity index (χ1v) is 8.00. The van der Waals surface area contributed by atoms with E-state index in [1.54, 1.807) is 0 Å². The first kappa shape index (κ1) is 18.9. The number of hydrogen-bond donors (Lipinski definition) is 2. The highest BCUT2D eigenvalue weighted by atomic mass is 35.5. The van der Waals surface area contributed by atoms with Crippen molar-refractivity contribution >= 4 is 40.4 Å². The minimum absolute atomic E-state index is 0.151. The zero-order valence-electron chi connectivity index (χ0n) is 11.7. The molecule has 1 heterocycles. The minimum atomic E-state index is -4.78. The highest BCUT2D eigenvalue weighted by Gasteiger charge is 2.31. The molecule has 1 amide bonds. The van der Waals surface area contributed by atoms with Crippen LogP contribution in [-0.4, -0.2) is 23.9 Å². The van der Waals surface area contributed by atoms with Crippen LogP contribution in [-0.2, 0) is 0 Å². The molecular formula is C14H10Cl2F3NO3S. The van der Waals surface area contributed by atoms with Crippen molar-refractivity contribution in [1.82, 2.24) is 5.32 Å². The van der Waals surface area contributed by atoms with Crippen molar-refractivity contribution in [2.24, 2.45) is 0 Å². The van der Waals surface area contributed by atoms with Gasteiger partial charge in [-0.3, -0.25) is 4.79 Å². The number of benzene rings is 1. The maximum atomic E-state index is 12.1. The van der Waals surface area contributed by atoms with Crippen LogP contribution in [0.1, 0.15) is 22.0 Å². The normalized spacial score (nSPS) is 12.8. The molecule has 0 aliphatic rings. The summed E-state index contributed by atoms with van der Waals surface area (Å²) < 4.78 is 40.5. The Kier molecular flexibility index (Phi) is 5.97. The second kappa shape index (κ2) is 7.60. The lowest BCUT2D eigenvalue weighted by atomic mass is 10.1. The fraction of sp³-hybridized carbons (Fsp3) is 0.214. The molecule has 0 aliphatic carbocycles. The van der Waals surface area contributed by atoms with Gasteiger partial charge in [-0.2, -0.15) is 0 Å². The van der Waals surface area contributed by atoms with Gasteiger partial charge in [-0.25, -0.2) is 0 Å². The Labute approximate surface area is 148 Å². The molecule has 1 unspecified atom stereocenters. The predicted molar refractivity (Wildman–Crippen MR) is 84.8 cm³/mol. The number of alkyl halides is 3. The molecule has 0 fully saturated rings. The van der Waals surface area contributed by atoms with Crippen LogP contribution in [0.4, 0.5) is 13.2 Å². The lowest BCUT2D eigenvalue weighted by molar-refractivity contribution is -0.274. The molecule has 24 heavy (non-hydrogen) atoms. The predicted octanol–water partition coefficient (Wildman–Crippen LogP) is 4.42. The van der Waals surface area contributed by atoms with E-state index in [1.807, 2.05) is 0 Å². The number of halogens is 5. The summed E-state index contributed by atoms with van der Waals surface area (Å²) in [6.45, 7) is -0.151. The molecule has 0 saturated heterocycles. The monoisotopic (exact) mass is 399 g/mol. The maximum absolute atomic E-state index is 12.1. The molecule has 10 heteroatoms. The third-order valence-electron chi connectivity index (χ3n) is 2.86. The molecule has 0 radical (unpaired) electrons. The zero-order valence-corrected chi connectivity index (χ0v) is 14.1. The highest BCUT2D eigenvalue weighted by Crippen LogP contribution is 2.31. The van der Waals surface area contributed by atoms with Gasteiger partial charge in [-0.05, 0) is 23.8 Å². The van der Waals surface area contributed by atoms with Crippen LogP contribution in [0.2, 0.25) is 8.67 Å². The second-order valence-electron chi connectivity index (χ2n) is 4.58. The third kappa shape index (κ3) is 5.27. The van der Waals surface area contributed by atoms with Crippen LogP contribution in [0.3, 0.4) is 0 Å². The summed E-state index contributed by atoms with van der Waals surface area (Å²) in [7, 11) is 0. The number of thiophene rings is 1. The van der Waals surface area contributed by atoms with Gasteiger partial charge in [-0.1, -0.05) is 35.3 Å². The van der Waals surface area contributed by atoms with E-state index in [1.165, 1.54) is 18.2 Å². The number of carbonyl (C=O) groups is 1. The number of rotatable bonds is 5. The number of ether oxygens (including phenoxy) is 1. The topological polar surface area (TPSA) is 58.6 Å². The number of aliphatic hydroxyl groups excluding tert-OH is 1. The van der Waals surface area contributed by atoms with Crippen LogP contribution in [0.15, 0.2) is 30.3 Å². The zero-order chi connectivity index (χ0) is 17.9. The number of nitrogens with one attached hydrogen (secondary N) is 1. The van der Waals surface area contributed by atoms with Gasteiger partial charge in [0.2, 0.25) is 0 Å². The fourth-order valence-corrected chi connectivity index (χ4v) is 3.25. The molecule has 0 aliphatic heterocycles. The standard InChI is InChI=1S/C14H10Cl2F3NO3S/c15-11-5-9(12(16)24-11)13(22)20-6-10(21)7-1-3-8(4-2-7)23-14(17,18)19/h1-5,10,21H,6H2,(H,20,22). The van der Waals surface area contributed by atoms with E-state index >= 15 is 0 Å². The molecule has 1 aromatic heterocycles. The van der Waals surface area contributed by atoms with Gasteiger partial charge in [0, 0.05) is 6.54 Å². The summed E-state index contributed by atoms with van der Waals surface area (Å²) in [4.78, 5) is 11.9. The van der Waals surface area contributed by atoms with Crippen LogP contribution < -0.4 is 10.1 Å². The maximum Gasteiger partial charge on any atom is 0.573 e. The Bertz CT molecular complexity index is 719. The average molecular weight is 400 g/mol. The van der Waals surface area contributed by atoms with Gasteiger partial charge in [-0.15, -0.1) is 24.5 Å². The van der Waals surface area contributed by atoms with E-state index < -0.39 is 24.1 Å². The number of carbonyl (C=O) groups excluding carboxylic acids is 1. The van der Waals surface area contributed by atoms with E-state index in [-0.39, 0.29) is 16.4 Å². The summed E-state index contributed by atoms with van der Waals surface area (Å²) in [5.74, 6) is -0.915. The van der Waals surface area contributed by atoms with Gasteiger partial charge in [0.05, 0.1) is 16.0 Å². The largest absolute Gasteiger partial charge is 0.573 e. The van der Waals surface area contributed by atoms with Gasteiger partial charge >= 0.3 is 6.36 Å². The van der Waals surface area contributed by atoms with Crippen LogP contribution in [0.25, 0.3) is 0 Å². The molecule has 4 nitrogen and oxygen atoms in total. The molecule has 0 saturated carbocycles. The van der Waals surface area contributed by atoms with Crippen molar-refractivity contribution < 1.29 is 27.8 Å². The second-order valence-corrected chi connectivity index (χ2v) is 6.87. The third-order valence-corrected chi connectivity index (χ3v) is 4.34. The van der Waals surface area contributed by atoms with Crippen LogP contribution >= 0.6 is 34.5 Å². The molecular weight excluding hydrogens is 390 g/mol. The van der Waals surface area contributed by atoms with E-state index in [4.69, 9.17) is 23.2 Å². The molecule has 0 bridgehead atoms. The smallest absolute Gasteiger partial charge is 0.406 e. The van der Waals surface area contributed by atoms with Crippen LogP contribution in [0, 0.1) is 0 Å². The Morgan fingerprint density at radius 2 is 1.92 bits per heavy atom. The van der Waals surface area contributed by atoms with E-state index in [0.717, 1.165) is 23.5 Å². The first-order chi connectivity index (χ1) is 11.2. The summed E-state index contributed by atoms with van der Waals surface area (Å²) in [6.07, 6.45) is -5.89. The summed E-state index contributed by atoms with van der Waals surface area (Å²) in [5.41, 5.74) is 0.507. The highest BCUT2D eigenvalue weighted by molar-refractivity contribution is 7.20. The molecule has 2 N–H and O–H groups in total. The van der Waals surface area contributed by atoms with Crippen molar-refractivity contribution in [3.05, 3.63) is 50.1 Å². The Morgan fingerprint density at radius 3 is 2.42 bits per heavy atom. The molecule has 2 rings (SSSR count). The Morgan fingerprint density at radius 1 is 1.29 bits per heavy atom. The van der Waals surface area contributed by atoms with E-state index in [9.17, 15) is 23.1 Å². The van der Waals surface area contributed by atoms with Gasteiger partial charge < -0.3 is 15.2 Å². The lowest BCUT2D eigenvalue weighted by Crippen LogP contribution is -2.28. The number of amides is 1. The van der Waals surface area contributed by atoms with Gasteiger partial charge in [0.1, 0.15) is 10.1 Å². The van der Waals surface area contributed by atoms with Crippen molar-refractivity contribution in [3.8, 4) is 5.75 Å². The SMILES string of the molecule is O=C(NCC(O)c1ccc(OC(F)(F)F)cc1)c1cc(Cl)sc1Cl. The Hall–Kier alpha value is -1.48. The van der Waals surface area contributed by atoms with Crippen molar-refractivity contribution in [2.45, 2.75) is 12.5 Å². The molecule has 1 aromatic carbocycles. The number of aliphatic hydroxyl groups is 1. The molecule has 0 spiro atoms. The summed E-state index contributed by atoms with van der Waals surface area (Å²) in [6, 6.07) is 6.09. The van der Waals surface area contributed by atoms with Gasteiger partial charge in [0.15, 0.2) is 0 Å². The van der Waals surface area contributed by atoms with Crippen LogP contribution in [0.5, 0.6) is 5.75 Å². The first-order valence-electron chi connectivity index (χ1n) is 6.42. The minimum Gasteiger partial charge on any atom is -0.406 e. The van der Waals surface area contributed by atoms with E-state index in [2.05, 4.69) is 10.1 Å². The molecule has 1 atom stereocenters. The molecule has 130 valence electrons.